The fraction of sp³-hybridized carbons (Fsp3) is 0.357. The van der Waals surface area contributed by atoms with Crippen molar-refractivity contribution in [2.45, 2.75) is 66.5 Å². The maximum absolute atomic E-state index is 13.9. The molecule has 0 fully saturated rings. The van der Waals surface area contributed by atoms with Crippen LogP contribution in [0.15, 0.2) is 42.5 Å². The van der Waals surface area contributed by atoms with Gasteiger partial charge in [0, 0.05) is 16.9 Å². The van der Waals surface area contributed by atoms with E-state index in [2.05, 4.69) is 44.5 Å². The Labute approximate surface area is 213 Å². The number of aryl methyl sites for hydroxylation is 4. The number of carboxylic acid groups (broad SMARTS) is 1. The van der Waals surface area contributed by atoms with Gasteiger partial charge in [-0.15, -0.1) is 17.9 Å². The zero-order valence-electron chi connectivity index (χ0n) is 21.1. The second kappa shape index (κ2) is 12.3. The van der Waals surface area contributed by atoms with Crippen molar-refractivity contribution < 1.29 is 27.5 Å². The minimum Gasteiger partial charge on any atom is -0.481 e. The Morgan fingerprint density at radius 1 is 1.03 bits per heavy atom. The van der Waals surface area contributed by atoms with E-state index in [0.717, 1.165) is 41.1 Å². The van der Waals surface area contributed by atoms with E-state index in [1.165, 1.54) is 39.7 Å². The minimum absolute atomic E-state index is 0.204. The van der Waals surface area contributed by atoms with Crippen LogP contribution in [0.3, 0.4) is 0 Å². The van der Waals surface area contributed by atoms with E-state index >= 15 is 0 Å². The molecule has 3 rings (SSSR count). The third kappa shape index (κ3) is 8.01. The molecule has 8 heteroatoms. The van der Waals surface area contributed by atoms with Gasteiger partial charge in [0.1, 0.15) is 10.8 Å². The van der Waals surface area contributed by atoms with Crippen LogP contribution in [0, 0.1) is 33.5 Å². The number of carbonyl (C=O) groups is 1. The van der Waals surface area contributed by atoms with E-state index in [-0.39, 0.29) is 6.42 Å². The van der Waals surface area contributed by atoms with Crippen molar-refractivity contribution in [3.63, 3.8) is 0 Å². The van der Waals surface area contributed by atoms with Crippen molar-refractivity contribution in [3.8, 4) is 10.6 Å². The summed E-state index contributed by atoms with van der Waals surface area (Å²) < 4.78 is 52.1. The molecule has 36 heavy (non-hydrogen) atoms. The van der Waals surface area contributed by atoms with Crippen LogP contribution >= 0.6 is 11.3 Å². The highest BCUT2D eigenvalue weighted by molar-refractivity contribution is 7.15. The van der Waals surface area contributed by atoms with Crippen LogP contribution < -0.4 is 0 Å². The van der Waals surface area contributed by atoms with E-state index < -0.39 is 23.5 Å². The molecule has 0 atom stereocenters. The Bertz CT molecular complexity index is 1230. The molecule has 1 N–H and O–H groups in total. The Balaban J connectivity index is 0.000000493. The monoisotopic (exact) mass is 521 g/mol. The van der Waals surface area contributed by atoms with Gasteiger partial charge in [-0.25, -0.2) is 9.37 Å². The predicted octanol–water partition coefficient (Wildman–Crippen LogP) is 8.41. The summed E-state index contributed by atoms with van der Waals surface area (Å²) in [4.78, 5) is 15.4. The summed E-state index contributed by atoms with van der Waals surface area (Å²) in [5.41, 5.74) is 5.99. The molecule has 0 amide bonds. The third-order valence-electron chi connectivity index (χ3n) is 5.97. The fourth-order valence-corrected chi connectivity index (χ4v) is 4.57. The van der Waals surface area contributed by atoms with Crippen LogP contribution in [0.4, 0.5) is 17.6 Å². The first-order valence-electron chi connectivity index (χ1n) is 11.5. The molecule has 3 nitrogen and oxygen atoms in total. The molecular weight excluding hydrogens is 490 g/mol. The van der Waals surface area contributed by atoms with Gasteiger partial charge in [0.05, 0.1) is 11.3 Å². The van der Waals surface area contributed by atoms with Gasteiger partial charge in [-0.05, 0) is 88.3 Å². The number of alkyl halides is 3. The van der Waals surface area contributed by atoms with Gasteiger partial charge in [0.25, 0.3) is 0 Å². The first kappa shape index (κ1) is 29.2. The summed E-state index contributed by atoms with van der Waals surface area (Å²) in [7, 11) is 0. The van der Waals surface area contributed by atoms with Crippen molar-refractivity contribution in [2.75, 3.05) is 0 Å². The van der Waals surface area contributed by atoms with E-state index in [4.69, 9.17) is 5.11 Å². The molecule has 0 saturated carbocycles. The maximum atomic E-state index is 13.9. The van der Waals surface area contributed by atoms with E-state index in [0.29, 0.717) is 17.0 Å². The number of nitrogens with zero attached hydrogens (tertiary/aromatic N) is 1. The van der Waals surface area contributed by atoms with Crippen molar-refractivity contribution >= 4 is 17.3 Å². The second-order valence-electron chi connectivity index (χ2n) is 8.86. The van der Waals surface area contributed by atoms with Gasteiger partial charge in [-0.2, -0.15) is 13.2 Å². The summed E-state index contributed by atoms with van der Waals surface area (Å²) in [6.07, 6.45) is -2.26. The van der Waals surface area contributed by atoms with Crippen LogP contribution in [0.1, 0.15) is 58.2 Å². The molecule has 0 saturated heterocycles. The highest BCUT2D eigenvalue weighted by atomic mass is 32.1. The normalized spacial score (nSPS) is 11.1. The van der Waals surface area contributed by atoms with E-state index in [9.17, 15) is 22.4 Å². The lowest BCUT2D eigenvalue weighted by molar-refractivity contribution is -0.140. The first-order valence-corrected chi connectivity index (χ1v) is 12.3. The maximum Gasteiger partial charge on any atom is 0.419 e. The highest BCUT2D eigenvalue weighted by Crippen LogP contribution is 2.35. The lowest BCUT2D eigenvalue weighted by Crippen LogP contribution is -2.07. The van der Waals surface area contributed by atoms with Crippen molar-refractivity contribution in [1.29, 1.82) is 0 Å². The van der Waals surface area contributed by atoms with Gasteiger partial charge in [-0.1, -0.05) is 23.8 Å². The summed E-state index contributed by atoms with van der Waals surface area (Å²) in [5.74, 6) is -2.03. The van der Waals surface area contributed by atoms with Gasteiger partial charge in [0.15, 0.2) is 0 Å². The van der Waals surface area contributed by atoms with Gasteiger partial charge < -0.3 is 5.11 Å². The average Bonchev–Trinajstić information content (AvgIpc) is 3.15. The first-order chi connectivity index (χ1) is 16.7. The minimum atomic E-state index is -4.70. The summed E-state index contributed by atoms with van der Waals surface area (Å²) in [6, 6.07) is 7.23. The molecule has 0 aliphatic heterocycles. The van der Waals surface area contributed by atoms with E-state index in [1.54, 1.807) is 0 Å². The summed E-state index contributed by atoms with van der Waals surface area (Å²) >= 11 is 1.41. The molecule has 2 aromatic carbocycles. The summed E-state index contributed by atoms with van der Waals surface area (Å²) in [5, 5.41) is 8.66. The standard InChI is InChI=1S/C22H21F4NS.C6H10O2/c1-12-5-6-16(14(3)13(12)2)8-10-20-15(4)27-21(28-20)17-7-9-18(19(23)11-17)22(24,25)26;1-5(2)3-4-6(7)8/h5-7,9,11H,8,10H2,1-4H3;1,3-4H2,2H3,(H,7,8). The molecule has 0 radical (unpaired) electrons. The van der Waals surface area contributed by atoms with Crippen molar-refractivity contribution in [1.82, 2.24) is 4.98 Å². The molecule has 3 aromatic rings. The van der Waals surface area contributed by atoms with Gasteiger partial charge in [-0.3, -0.25) is 4.79 Å². The van der Waals surface area contributed by atoms with Crippen molar-refractivity contribution in [2.24, 2.45) is 0 Å². The predicted molar refractivity (Wildman–Crippen MR) is 137 cm³/mol. The molecule has 0 unspecified atom stereocenters. The Morgan fingerprint density at radius 2 is 1.69 bits per heavy atom. The number of carboxylic acids is 1. The largest absolute Gasteiger partial charge is 0.481 e. The number of aromatic nitrogens is 1. The molecule has 1 aromatic heterocycles. The lowest BCUT2D eigenvalue weighted by atomic mass is 9.96. The van der Waals surface area contributed by atoms with Crippen molar-refractivity contribution in [3.05, 3.63) is 86.7 Å². The SMILES string of the molecule is C=C(C)CCC(=O)O.Cc1ccc(CCc2sc(-c3ccc(C(F)(F)F)c(F)c3)nc2C)c(C)c1C. The number of benzene rings is 2. The molecule has 194 valence electrons. The van der Waals surface area contributed by atoms with Crippen LogP contribution in [0.25, 0.3) is 10.6 Å². The summed E-state index contributed by atoms with van der Waals surface area (Å²) in [6.45, 7) is 13.6. The number of hydrogen-bond donors (Lipinski definition) is 1. The smallest absolute Gasteiger partial charge is 0.419 e. The molecule has 1 heterocycles. The van der Waals surface area contributed by atoms with Crippen LogP contribution in [0.5, 0.6) is 0 Å². The number of hydrogen-bond acceptors (Lipinski definition) is 3. The fourth-order valence-electron chi connectivity index (χ4n) is 3.51. The molecule has 0 bridgehead atoms. The van der Waals surface area contributed by atoms with Gasteiger partial charge in [0.2, 0.25) is 0 Å². The van der Waals surface area contributed by atoms with Crippen LogP contribution in [-0.2, 0) is 23.8 Å². The molecule has 0 aliphatic rings. The zero-order chi connectivity index (χ0) is 27.2. The number of thiazole rings is 1. The topological polar surface area (TPSA) is 50.2 Å². The molecule has 0 aliphatic carbocycles. The Morgan fingerprint density at radius 3 is 2.22 bits per heavy atom. The Kier molecular flexibility index (Phi) is 9.99. The number of aliphatic carboxylic acids is 1. The zero-order valence-corrected chi connectivity index (χ0v) is 22.0. The third-order valence-corrected chi connectivity index (χ3v) is 7.24. The number of allylic oxidation sites excluding steroid dienone is 1. The van der Waals surface area contributed by atoms with Gasteiger partial charge >= 0.3 is 12.1 Å². The number of halogens is 4. The lowest BCUT2D eigenvalue weighted by Gasteiger charge is -2.10. The number of rotatable bonds is 7. The van der Waals surface area contributed by atoms with E-state index in [1.807, 2.05) is 13.8 Å². The highest BCUT2D eigenvalue weighted by Gasteiger charge is 2.34. The van der Waals surface area contributed by atoms with Crippen LogP contribution in [-0.4, -0.2) is 16.1 Å². The Hall–Kier alpha value is -3.00. The van der Waals surface area contributed by atoms with Crippen LogP contribution in [0.2, 0.25) is 0 Å². The molecule has 0 spiro atoms. The average molecular weight is 522 g/mol. The second-order valence-corrected chi connectivity index (χ2v) is 9.95. The quantitative estimate of drug-likeness (QED) is 0.251. The molecular formula is C28H31F4NO2S.